The molecule has 38 heavy (non-hydrogen) atoms. The minimum Gasteiger partial charge on any atom is -0.496 e. The first-order valence-electron chi connectivity index (χ1n) is 13.2. The number of unbranched alkanes of at least 4 members (excludes halogenated alkanes) is 1. The Morgan fingerprint density at radius 1 is 1.18 bits per heavy atom. The highest BCUT2D eigenvalue weighted by molar-refractivity contribution is 6.02. The number of hydrogen-bond acceptors (Lipinski definition) is 3. The molecule has 0 unspecified atom stereocenters. The molecule has 0 aliphatic carbocycles. The molecule has 6 heteroatoms. The zero-order chi connectivity index (χ0) is 28.5. The summed E-state index contributed by atoms with van der Waals surface area (Å²) in [7, 11) is 1.60. The predicted molar refractivity (Wildman–Crippen MR) is 158 cm³/mol. The van der Waals surface area contributed by atoms with Crippen LogP contribution in [0.1, 0.15) is 77.0 Å². The summed E-state index contributed by atoms with van der Waals surface area (Å²) >= 11 is 0. The number of nitrogens with one attached hydrogen (secondary N) is 1. The van der Waals surface area contributed by atoms with E-state index in [0.29, 0.717) is 23.8 Å². The zero-order valence-electron chi connectivity index (χ0n) is 23.9. The average Bonchev–Trinajstić information content (AvgIpc) is 2.93. The van der Waals surface area contributed by atoms with E-state index >= 15 is 0 Å². The van der Waals surface area contributed by atoms with E-state index in [1.54, 1.807) is 13.2 Å². The molecule has 4 nitrogen and oxygen atoms in total. The van der Waals surface area contributed by atoms with Gasteiger partial charge in [0.15, 0.2) is 0 Å². The van der Waals surface area contributed by atoms with Crippen molar-refractivity contribution in [1.29, 1.82) is 0 Å². The Balaban J connectivity index is 0.00000352. The van der Waals surface area contributed by atoms with Crippen LogP contribution in [0.5, 0.6) is 5.75 Å². The Labute approximate surface area is 228 Å². The van der Waals surface area contributed by atoms with Crippen molar-refractivity contribution < 1.29 is 13.5 Å². The topological polar surface area (TPSA) is 46.5 Å². The molecule has 0 radical (unpaired) electrons. The summed E-state index contributed by atoms with van der Waals surface area (Å²) in [6, 6.07) is 6.80. The number of methoxy groups -OCH3 is 1. The van der Waals surface area contributed by atoms with Gasteiger partial charge < -0.3 is 10.1 Å². The number of benzene rings is 1. The Morgan fingerprint density at radius 2 is 1.92 bits per heavy atom. The summed E-state index contributed by atoms with van der Waals surface area (Å²) < 4.78 is 31.6. The number of aromatic nitrogens is 1. The smallest absolute Gasteiger partial charge is 0.265 e. The van der Waals surface area contributed by atoms with E-state index < -0.39 is 6.43 Å². The lowest BCUT2D eigenvalue weighted by Gasteiger charge is -2.16. The number of nitrogens with zero attached hydrogens (tertiary/aromatic N) is 2. The van der Waals surface area contributed by atoms with Gasteiger partial charge in [0.25, 0.3) is 6.43 Å². The molecule has 0 saturated heterocycles. The molecule has 0 spiro atoms. The van der Waals surface area contributed by atoms with Crippen molar-refractivity contribution >= 4 is 5.84 Å². The van der Waals surface area contributed by atoms with Crippen molar-refractivity contribution in [3.05, 3.63) is 95.4 Å². The SMILES string of the molecule is C=C(/C=C\C(C)=C\CC)CN=C(N/C=C/CCC)c1cc(-c2ccc(C(F)F)cn2)cc(OC)c1C.CC. The highest BCUT2D eigenvalue weighted by Gasteiger charge is 2.15. The first-order valence-corrected chi connectivity index (χ1v) is 13.2. The predicted octanol–water partition coefficient (Wildman–Crippen LogP) is 9.15. The van der Waals surface area contributed by atoms with E-state index in [-0.39, 0.29) is 5.56 Å². The van der Waals surface area contributed by atoms with E-state index in [1.807, 2.05) is 51.3 Å². The highest BCUT2D eigenvalue weighted by atomic mass is 19.3. The monoisotopic (exact) mass is 523 g/mol. The molecule has 1 N–H and O–H groups in total. The lowest BCUT2D eigenvalue weighted by atomic mass is 10.00. The van der Waals surface area contributed by atoms with E-state index in [0.717, 1.165) is 41.5 Å². The number of rotatable bonds is 12. The second-order valence-electron chi connectivity index (χ2n) is 8.48. The van der Waals surface area contributed by atoms with Crippen LogP contribution in [0, 0.1) is 6.92 Å². The first kappa shape index (κ1) is 32.5. The molecule has 0 atom stereocenters. The fourth-order valence-electron chi connectivity index (χ4n) is 3.47. The van der Waals surface area contributed by atoms with E-state index in [4.69, 9.17) is 9.73 Å². The zero-order valence-corrected chi connectivity index (χ0v) is 23.9. The summed E-state index contributed by atoms with van der Waals surface area (Å²) in [5, 5.41) is 3.32. The number of allylic oxidation sites excluding steroid dienone is 4. The summed E-state index contributed by atoms with van der Waals surface area (Å²) in [6.45, 7) is 16.8. The molecule has 0 saturated carbocycles. The first-order chi connectivity index (χ1) is 18.3. The molecule has 0 bridgehead atoms. The van der Waals surface area contributed by atoms with Crippen LogP contribution < -0.4 is 10.1 Å². The van der Waals surface area contributed by atoms with Gasteiger partial charge in [0.05, 0.1) is 19.3 Å². The van der Waals surface area contributed by atoms with Crippen LogP contribution in [0.2, 0.25) is 0 Å². The summed E-state index contributed by atoms with van der Waals surface area (Å²) in [4.78, 5) is 9.09. The highest BCUT2D eigenvalue weighted by Crippen LogP contribution is 2.30. The fourth-order valence-corrected chi connectivity index (χ4v) is 3.47. The van der Waals surface area contributed by atoms with Crippen LogP contribution in [0.4, 0.5) is 8.78 Å². The minimum absolute atomic E-state index is 0.112. The van der Waals surface area contributed by atoms with Gasteiger partial charge in [-0.25, -0.2) is 8.78 Å². The molecule has 0 amide bonds. The van der Waals surface area contributed by atoms with Gasteiger partial charge in [-0.05, 0) is 62.7 Å². The average molecular weight is 524 g/mol. The van der Waals surface area contributed by atoms with Gasteiger partial charge in [-0.2, -0.15) is 0 Å². The molecular weight excluding hydrogens is 480 g/mol. The Morgan fingerprint density at radius 3 is 2.50 bits per heavy atom. The molecule has 2 aromatic rings. The van der Waals surface area contributed by atoms with Crippen LogP contribution in [0.3, 0.4) is 0 Å². The third-order valence-electron chi connectivity index (χ3n) is 5.51. The number of amidine groups is 1. The second kappa shape index (κ2) is 17.8. The summed E-state index contributed by atoms with van der Waals surface area (Å²) in [5.74, 6) is 1.33. The number of hydrogen-bond donors (Lipinski definition) is 1. The molecule has 1 aromatic carbocycles. The van der Waals surface area contributed by atoms with E-state index in [2.05, 4.69) is 49.8 Å². The van der Waals surface area contributed by atoms with Crippen molar-refractivity contribution in [2.75, 3.05) is 13.7 Å². The van der Waals surface area contributed by atoms with Crippen LogP contribution in [0.25, 0.3) is 11.3 Å². The maximum Gasteiger partial charge on any atom is 0.265 e. The molecule has 0 aliphatic rings. The van der Waals surface area contributed by atoms with Gasteiger partial charge >= 0.3 is 0 Å². The van der Waals surface area contributed by atoms with Crippen molar-refractivity contribution in [2.24, 2.45) is 4.99 Å². The molecule has 206 valence electrons. The van der Waals surface area contributed by atoms with Crippen molar-refractivity contribution in [2.45, 2.75) is 67.2 Å². The molecule has 2 rings (SSSR count). The second-order valence-corrected chi connectivity index (χ2v) is 8.48. The van der Waals surface area contributed by atoms with Crippen molar-refractivity contribution in [1.82, 2.24) is 10.3 Å². The quantitative estimate of drug-likeness (QED) is 0.171. The Kier molecular flexibility index (Phi) is 15.2. The number of halogens is 2. The third-order valence-corrected chi connectivity index (χ3v) is 5.51. The van der Waals surface area contributed by atoms with Crippen molar-refractivity contribution in [3.8, 4) is 17.0 Å². The van der Waals surface area contributed by atoms with Gasteiger partial charge in [-0.1, -0.05) is 70.6 Å². The van der Waals surface area contributed by atoms with E-state index in [1.165, 1.54) is 17.8 Å². The molecule has 1 aromatic heterocycles. The van der Waals surface area contributed by atoms with Gasteiger partial charge in [-0.15, -0.1) is 0 Å². The molecule has 1 heterocycles. The van der Waals surface area contributed by atoms with Crippen LogP contribution in [-0.4, -0.2) is 24.5 Å². The maximum atomic E-state index is 13.0. The lowest BCUT2D eigenvalue weighted by Crippen LogP contribution is -2.21. The van der Waals surface area contributed by atoms with Gasteiger partial charge in [0.2, 0.25) is 0 Å². The van der Waals surface area contributed by atoms with Crippen LogP contribution in [0.15, 0.2) is 83.7 Å². The van der Waals surface area contributed by atoms with Gasteiger partial charge in [0.1, 0.15) is 11.6 Å². The van der Waals surface area contributed by atoms with Crippen molar-refractivity contribution in [3.63, 3.8) is 0 Å². The lowest BCUT2D eigenvalue weighted by molar-refractivity contribution is 0.151. The summed E-state index contributed by atoms with van der Waals surface area (Å²) in [5.41, 5.74) is 5.01. The number of aliphatic imine (C=N–C) groups is 1. The Bertz CT molecular complexity index is 1130. The van der Waals surface area contributed by atoms with Crippen LogP contribution >= 0.6 is 0 Å². The van der Waals surface area contributed by atoms with Gasteiger partial charge in [-0.3, -0.25) is 9.98 Å². The molecule has 0 aliphatic heterocycles. The standard InChI is InChI=1S/C30H37F2N3O.C2H6/c1-7-9-10-16-33-30(35-19-22(4)13-12-21(3)11-8-2)26-17-25(18-28(36-6)23(26)5)27-15-14-24(20-34-27)29(31)32;1-2/h10-18,20,29H,4,7-9,19H2,1-3,5-6H3,(H,33,35);1-2H3/b13-12-,16-10+,21-11+;. The summed E-state index contributed by atoms with van der Waals surface area (Å²) in [6.07, 6.45) is 11.7. The molecule has 0 fully saturated rings. The van der Waals surface area contributed by atoms with Gasteiger partial charge in [0, 0.05) is 28.5 Å². The third kappa shape index (κ3) is 10.4. The normalized spacial score (nSPS) is 12.2. The minimum atomic E-state index is -2.56. The Hall–Kier alpha value is -3.54. The van der Waals surface area contributed by atoms with E-state index in [9.17, 15) is 8.78 Å². The number of alkyl halides is 2. The number of pyridine rings is 1. The fraction of sp³-hybridized carbons (Fsp3) is 0.375. The number of ether oxygens (including phenoxy) is 1. The van der Waals surface area contributed by atoms with Crippen LogP contribution in [-0.2, 0) is 0 Å². The molecular formula is C32H43F2N3O. The maximum absolute atomic E-state index is 13.0. The largest absolute Gasteiger partial charge is 0.496 e.